The molecule has 0 bridgehead atoms. The van der Waals surface area contributed by atoms with Crippen LogP contribution in [-0.2, 0) is 4.74 Å². The molecule has 1 saturated carbocycles. The van der Waals surface area contributed by atoms with Crippen LogP contribution in [0.25, 0.3) is 0 Å². The fourth-order valence-corrected chi connectivity index (χ4v) is 1.46. The van der Waals surface area contributed by atoms with Gasteiger partial charge in [-0.05, 0) is 31.2 Å². The minimum Gasteiger partial charge on any atom is -0.380 e. The van der Waals surface area contributed by atoms with Gasteiger partial charge in [0, 0.05) is 25.7 Å². The van der Waals surface area contributed by atoms with Crippen molar-refractivity contribution < 1.29 is 4.74 Å². The third kappa shape index (κ3) is 5.83. The van der Waals surface area contributed by atoms with Crippen LogP contribution < -0.4 is 5.73 Å². The lowest BCUT2D eigenvalue weighted by atomic mass is 9.87. The Morgan fingerprint density at radius 2 is 2.00 bits per heavy atom. The number of nitrogens with zero attached hydrogens (tertiary/aromatic N) is 1. The summed E-state index contributed by atoms with van der Waals surface area (Å²) in [6.45, 7) is 10.3. The summed E-state index contributed by atoms with van der Waals surface area (Å²) < 4.78 is 5.61. The summed E-state index contributed by atoms with van der Waals surface area (Å²) in [7, 11) is 2.12. The van der Waals surface area contributed by atoms with Crippen molar-refractivity contribution in [2.75, 3.05) is 33.4 Å². The van der Waals surface area contributed by atoms with E-state index in [1.165, 1.54) is 12.8 Å². The van der Waals surface area contributed by atoms with Gasteiger partial charge in [0.25, 0.3) is 0 Å². The summed E-state index contributed by atoms with van der Waals surface area (Å²) in [5.41, 5.74) is 6.32. The SMILES string of the molecule is CN(CCOCC1CC1)CC(N)C(C)(C)C. The molecule has 0 aliphatic heterocycles. The van der Waals surface area contributed by atoms with Crippen LogP contribution in [0.4, 0.5) is 0 Å². The van der Waals surface area contributed by atoms with E-state index in [1.807, 2.05) is 0 Å². The molecule has 1 aliphatic carbocycles. The normalized spacial score (nSPS) is 19.1. The molecular formula is C13H28N2O. The minimum atomic E-state index is 0.184. The van der Waals surface area contributed by atoms with Crippen molar-refractivity contribution in [1.29, 1.82) is 0 Å². The van der Waals surface area contributed by atoms with Crippen molar-refractivity contribution in [2.45, 2.75) is 39.7 Å². The van der Waals surface area contributed by atoms with E-state index in [4.69, 9.17) is 10.5 Å². The first-order valence-corrected chi connectivity index (χ1v) is 6.41. The smallest absolute Gasteiger partial charge is 0.0593 e. The molecule has 0 aromatic rings. The zero-order chi connectivity index (χ0) is 12.2. The molecule has 0 radical (unpaired) electrons. The van der Waals surface area contributed by atoms with E-state index >= 15 is 0 Å². The Kier molecular flexibility index (Phi) is 5.22. The summed E-state index contributed by atoms with van der Waals surface area (Å²) >= 11 is 0. The molecule has 0 spiro atoms. The molecule has 0 saturated heterocycles. The lowest BCUT2D eigenvalue weighted by Gasteiger charge is -2.30. The molecule has 3 nitrogen and oxygen atoms in total. The Morgan fingerprint density at radius 3 is 2.50 bits per heavy atom. The molecule has 1 aliphatic rings. The lowest BCUT2D eigenvalue weighted by molar-refractivity contribution is 0.0974. The zero-order valence-electron chi connectivity index (χ0n) is 11.3. The molecule has 1 rings (SSSR count). The van der Waals surface area contributed by atoms with Gasteiger partial charge in [0.15, 0.2) is 0 Å². The molecule has 1 fully saturated rings. The van der Waals surface area contributed by atoms with Crippen molar-refractivity contribution in [3.8, 4) is 0 Å². The highest BCUT2D eigenvalue weighted by molar-refractivity contribution is 4.79. The Bertz CT molecular complexity index is 197. The fraction of sp³-hybridized carbons (Fsp3) is 1.00. The Morgan fingerprint density at radius 1 is 1.38 bits per heavy atom. The molecule has 96 valence electrons. The first kappa shape index (κ1) is 13.9. The van der Waals surface area contributed by atoms with Gasteiger partial charge in [0.05, 0.1) is 6.61 Å². The summed E-state index contributed by atoms with van der Waals surface area (Å²) in [6.07, 6.45) is 2.73. The second-order valence-electron chi connectivity index (χ2n) is 6.25. The molecule has 0 amide bonds. The highest BCUT2D eigenvalue weighted by Gasteiger charge is 2.22. The number of hydrogen-bond acceptors (Lipinski definition) is 3. The maximum Gasteiger partial charge on any atom is 0.0593 e. The largest absolute Gasteiger partial charge is 0.380 e. The first-order valence-electron chi connectivity index (χ1n) is 6.41. The number of hydrogen-bond donors (Lipinski definition) is 1. The Hall–Kier alpha value is -0.120. The van der Waals surface area contributed by atoms with E-state index in [-0.39, 0.29) is 11.5 Å². The van der Waals surface area contributed by atoms with Gasteiger partial charge < -0.3 is 15.4 Å². The number of likely N-dealkylation sites (N-methyl/N-ethyl adjacent to an activating group) is 1. The second kappa shape index (κ2) is 5.99. The van der Waals surface area contributed by atoms with E-state index < -0.39 is 0 Å². The van der Waals surface area contributed by atoms with Gasteiger partial charge >= 0.3 is 0 Å². The molecule has 16 heavy (non-hydrogen) atoms. The van der Waals surface area contributed by atoms with Crippen molar-refractivity contribution in [3.63, 3.8) is 0 Å². The predicted octanol–water partition coefficient (Wildman–Crippen LogP) is 1.72. The number of ether oxygens (including phenoxy) is 1. The third-order valence-corrected chi connectivity index (χ3v) is 3.29. The van der Waals surface area contributed by atoms with Gasteiger partial charge in [-0.1, -0.05) is 20.8 Å². The molecule has 2 N–H and O–H groups in total. The highest BCUT2D eigenvalue weighted by atomic mass is 16.5. The first-order chi connectivity index (χ1) is 7.39. The molecule has 0 heterocycles. The van der Waals surface area contributed by atoms with Gasteiger partial charge in [0.1, 0.15) is 0 Å². The molecule has 0 aromatic heterocycles. The van der Waals surface area contributed by atoms with Gasteiger partial charge in [-0.15, -0.1) is 0 Å². The molecule has 3 heteroatoms. The summed E-state index contributed by atoms with van der Waals surface area (Å²) in [6, 6.07) is 0.223. The highest BCUT2D eigenvalue weighted by Crippen LogP contribution is 2.28. The topological polar surface area (TPSA) is 38.5 Å². The van der Waals surface area contributed by atoms with Crippen molar-refractivity contribution >= 4 is 0 Å². The zero-order valence-corrected chi connectivity index (χ0v) is 11.3. The average Bonchev–Trinajstić information content (AvgIpc) is 2.94. The van der Waals surface area contributed by atoms with Crippen LogP contribution in [0, 0.1) is 11.3 Å². The maximum atomic E-state index is 6.13. The second-order valence-corrected chi connectivity index (χ2v) is 6.25. The van der Waals surface area contributed by atoms with Crippen LogP contribution in [0.15, 0.2) is 0 Å². The third-order valence-electron chi connectivity index (χ3n) is 3.29. The average molecular weight is 228 g/mol. The van der Waals surface area contributed by atoms with Gasteiger partial charge in [-0.2, -0.15) is 0 Å². The van der Waals surface area contributed by atoms with Crippen molar-refractivity contribution in [3.05, 3.63) is 0 Å². The maximum absolute atomic E-state index is 6.13. The monoisotopic (exact) mass is 228 g/mol. The number of nitrogens with two attached hydrogens (primary N) is 1. The van der Waals surface area contributed by atoms with Crippen LogP contribution in [0.5, 0.6) is 0 Å². The van der Waals surface area contributed by atoms with E-state index in [0.717, 1.165) is 32.2 Å². The van der Waals surface area contributed by atoms with E-state index in [0.29, 0.717) is 0 Å². The predicted molar refractivity (Wildman–Crippen MR) is 68.5 cm³/mol. The quantitative estimate of drug-likeness (QED) is 0.674. The van der Waals surface area contributed by atoms with Crippen molar-refractivity contribution in [2.24, 2.45) is 17.1 Å². The van der Waals surface area contributed by atoms with E-state index in [2.05, 4.69) is 32.7 Å². The summed E-state index contributed by atoms with van der Waals surface area (Å²) in [4.78, 5) is 2.27. The van der Waals surface area contributed by atoms with E-state index in [9.17, 15) is 0 Å². The van der Waals surface area contributed by atoms with Gasteiger partial charge in [-0.25, -0.2) is 0 Å². The van der Waals surface area contributed by atoms with Gasteiger partial charge in [-0.3, -0.25) is 0 Å². The van der Waals surface area contributed by atoms with Crippen LogP contribution in [0.1, 0.15) is 33.6 Å². The standard InChI is InChI=1S/C13H28N2O/c1-13(2,3)12(14)9-15(4)7-8-16-10-11-5-6-11/h11-12H,5-10,14H2,1-4H3. The molecule has 1 unspecified atom stereocenters. The minimum absolute atomic E-state index is 0.184. The van der Waals surface area contributed by atoms with Crippen LogP contribution in [-0.4, -0.2) is 44.3 Å². The molecule has 1 atom stereocenters. The van der Waals surface area contributed by atoms with Crippen LogP contribution in [0.2, 0.25) is 0 Å². The summed E-state index contributed by atoms with van der Waals surface area (Å²) in [5, 5.41) is 0. The summed E-state index contributed by atoms with van der Waals surface area (Å²) in [5.74, 6) is 0.863. The Balaban J connectivity index is 2.02. The van der Waals surface area contributed by atoms with Crippen LogP contribution in [0.3, 0.4) is 0 Å². The lowest BCUT2D eigenvalue weighted by Crippen LogP contribution is -2.44. The Labute approximate surface area is 100 Å². The molecule has 0 aromatic carbocycles. The van der Waals surface area contributed by atoms with Crippen LogP contribution >= 0.6 is 0 Å². The molecular weight excluding hydrogens is 200 g/mol. The van der Waals surface area contributed by atoms with Crippen molar-refractivity contribution in [1.82, 2.24) is 4.90 Å². The fourth-order valence-electron chi connectivity index (χ4n) is 1.46. The van der Waals surface area contributed by atoms with E-state index in [1.54, 1.807) is 0 Å². The van der Waals surface area contributed by atoms with Gasteiger partial charge in [0.2, 0.25) is 0 Å². The number of rotatable bonds is 7.